The lowest BCUT2D eigenvalue weighted by molar-refractivity contribution is -0.154. The molecule has 3 saturated heterocycles. The number of anilines is 1. The summed E-state index contributed by atoms with van der Waals surface area (Å²) in [4.78, 5) is 46.8. The molecule has 0 aromatic heterocycles. The van der Waals surface area contributed by atoms with E-state index in [4.69, 9.17) is 4.74 Å². The Kier molecular flexibility index (Phi) is 9.73. The van der Waals surface area contributed by atoms with E-state index in [1.807, 2.05) is 72.8 Å². The highest BCUT2D eigenvalue weighted by Crippen LogP contribution is 2.68. The van der Waals surface area contributed by atoms with Gasteiger partial charge in [-0.2, -0.15) is 0 Å². The number of thioether (sulfide) groups is 1. The van der Waals surface area contributed by atoms with Crippen molar-refractivity contribution in [3.63, 3.8) is 0 Å². The number of likely N-dealkylation sites (tertiary alicyclic amines) is 1. The fourth-order valence-electron chi connectivity index (χ4n) is 7.59. The van der Waals surface area contributed by atoms with Gasteiger partial charge in [0, 0.05) is 22.3 Å². The summed E-state index contributed by atoms with van der Waals surface area (Å²) >= 11 is 5.40. The van der Waals surface area contributed by atoms with Gasteiger partial charge in [0.2, 0.25) is 5.91 Å². The number of aliphatic hydroxyl groups is 1. The Labute approximate surface area is 282 Å². The topological polar surface area (TPSA) is 87.1 Å². The second-order valence-corrected chi connectivity index (χ2v) is 15.0. The smallest absolute Gasteiger partial charge is 0.310 e. The summed E-state index contributed by atoms with van der Waals surface area (Å²) in [6, 6.07) is 21.9. The largest absolute Gasteiger partial charge is 0.465 e. The highest BCUT2D eigenvalue weighted by Gasteiger charge is 2.76. The molecule has 3 fully saturated rings. The second-order valence-electron chi connectivity index (χ2n) is 12.3. The number of benzene rings is 3. The Hall–Kier alpha value is -3.40. The molecule has 240 valence electrons. The van der Waals surface area contributed by atoms with Crippen molar-refractivity contribution in [2.24, 2.45) is 11.8 Å². The van der Waals surface area contributed by atoms with E-state index in [1.54, 1.807) is 33.7 Å². The Morgan fingerprint density at radius 1 is 1.09 bits per heavy atom. The molecule has 7 atom stereocenters. The molecular formula is C37H39BrN2O5S. The molecule has 2 bridgehead atoms. The zero-order chi connectivity index (χ0) is 32.4. The summed E-state index contributed by atoms with van der Waals surface area (Å²) in [5.74, 6) is -2.37. The van der Waals surface area contributed by atoms with Gasteiger partial charge in [0.15, 0.2) is 0 Å². The predicted molar refractivity (Wildman–Crippen MR) is 187 cm³/mol. The van der Waals surface area contributed by atoms with Crippen LogP contribution in [-0.2, 0) is 25.5 Å². The Morgan fingerprint density at radius 2 is 1.83 bits per heavy atom. The number of carbonyl (C=O) groups is 3. The Balaban J connectivity index is 1.43. The molecule has 3 aliphatic heterocycles. The van der Waals surface area contributed by atoms with Gasteiger partial charge in [-0.3, -0.25) is 14.4 Å². The Bertz CT molecular complexity index is 1630. The molecule has 0 radical (unpaired) electrons. The summed E-state index contributed by atoms with van der Waals surface area (Å²) in [7, 11) is 0. The molecule has 3 unspecified atom stereocenters. The van der Waals surface area contributed by atoms with Crippen LogP contribution in [0.25, 0.3) is 10.8 Å². The van der Waals surface area contributed by atoms with Gasteiger partial charge in [-0.15, -0.1) is 24.9 Å². The molecule has 2 amide bonds. The number of esters is 1. The maximum absolute atomic E-state index is 15.1. The monoisotopic (exact) mass is 702 g/mol. The number of nitrogens with zero attached hydrogens (tertiary/aromatic N) is 2. The molecule has 3 aromatic rings. The molecule has 46 heavy (non-hydrogen) atoms. The van der Waals surface area contributed by atoms with Gasteiger partial charge in [-0.25, -0.2) is 0 Å². The zero-order valence-electron chi connectivity index (χ0n) is 25.7. The van der Waals surface area contributed by atoms with Crippen molar-refractivity contribution < 1.29 is 24.2 Å². The highest BCUT2D eigenvalue weighted by atomic mass is 79.9. The van der Waals surface area contributed by atoms with E-state index < -0.39 is 34.6 Å². The third kappa shape index (κ3) is 5.71. The molecule has 1 spiro atoms. The van der Waals surface area contributed by atoms with Crippen LogP contribution in [0.15, 0.2) is 98.1 Å². The van der Waals surface area contributed by atoms with Crippen LogP contribution in [0, 0.1) is 11.8 Å². The number of allylic oxidation sites excluding steroid dienone is 1. The molecular weight excluding hydrogens is 664 g/mol. The molecule has 7 nitrogen and oxygen atoms in total. The number of aliphatic hydroxyl groups excluding tert-OH is 1. The van der Waals surface area contributed by atoms with Gasteiger partial charge < -0.3 is 19.6 Å². The van der Waals surface area contributed by atoms with E-state index in [1.165, 1.54) is 0 Å². The van der Waals surface area contributed by atoms with Gasteiger partial charge in [-0.05, 0) is 54.2 Å². The average molecular weight is 704 g/mol. The fraction of sp³-hybridized carbons (Fsp3) is 0.378. The van der Waals surface area contributed by atoms with Crippen LogP contribution in [0.3, 0.4) is 0 Å². The van der Waals surface area contributed by atoms with Gasteiger partial charge in [0.05, 0.1) is 35.8 Å². The van der Waals surface area contributed by atoms with Crippen molar-refractivity contribution in [1.82, 2.24) is 4.90 Å². The minimum Gasteiger partial charge on any atom is -0.465 e. The minimum atomic E-state index is -0.911. The van der Waals surface area contributed by atoms with Crippen molar-refractivity contribution in [1.29, 1.82) is 0 Å². The SMILES string of the molecule is C=CCCCOC(=O)[C@H]1[C@H]2C(=O)N([C@@H](CO)Cc3ccccc3)C(C(=O)N(CC=C)c3ccc4ccccc4c3)C23CC(Br)[C@@H]1S3. The van der Waals surface area contributed by atoms with E-state index in [0.29, 0.717) is 24.9 Å². The van der Waals surface area contributed by atoms with Crippen molar-refractivity contribution >= 4 is 61.9 Å². The fourth-order valence-corrected chi connectivity index (χ4v) is 11.2. The first-order valence-corrected chi connectivity index (χ1v) is 17.6. The predicted octanol–water partition coefficient (Wildman–Crippen LogP) is 5.94. The molecule has 0 saturated carbocycles. The van der Waals surface area contributed by atoms with Gasteiger partial charge in [-0.1, -0.05) is 88.7 Å². The molecule has 3 aliphatic rings. The quantitative estimate of drug-likeness (QED) is 0.103. The van der Waals surface area contributed by atoms with Crippen LogP contribution >= 0.6 is 27.7 Å². The van der Waals surface area contributed by atoms with E-state index in [9.17, 15) is 14.7 Å². The van der Waals surface area contributed by atoms with Crippen molar-refractivity contribution in [2.45, 2.75) is 52.6 Å². The number of fused-ring (bicyclic) bond motifs is 2. The minimum absolute atomic E-state index is 0.0854. The molecule has 6 rings (SSSR count). The number of halogens is 1. The number of hydrogen-bond acceptors (Lipinski definition) is 6. The number of rotatable bonds is 13. The van der Waals surface area contributed by atoms with Crippen LogP contribution in [0.2, 0.25) is 0 Å². The van der Waals surface area contributed by atoms with Crippen molar-refractivity contribution in [3.05, 3.63) is 104 Å². The zero-order valence-corrected chi connectivity index (χ0v) is 28.1. The van der Waals surface area contributed by atoms with E-state index in [2.05, 4.69) is 29.1 Å². The van der Waals surface area contributed by atoms with Gasteiger partial charge in [0.25, 0.3) is 5.91 Å². The van der Waals surface area contributed by atoms with Gasteiger partial charge >= 0.3 is 5.97 Å². The summed E-state index contributed by atoms with van der Waals surface area (Å²) in [5.41, 5.74) is 1.65. The maximum atomic E-state index is 15.1. The lowest BCUT2D eigenvalue weighted by Gasteiger charge is -2.40. The summed E-state index contributed by atoms with van der Waals surface area (Å²) in [6.45, 7) is 7.84. The third-order valence-corrected chi connectivity index (χ3v) is 12.8. The number of alkyl halides is 1. The molecule has 1 N–H and O–H groups in total. The van der Waals surface area contributed by atoms with Crippen LogP contribution < -0.4 is 4.90 Å². The third-order valence-electron chi connectivity index (χ3n) is 9.57. The second kappa shape index (κ2) is 13.8. The first kappa shape index (κ1) is 32.5. The van der Waals surface area contributed by atoms with Crippen LogP contribution in [-0.4, -0.2) is 74.5 Å². The lowest BCUT2D eigenvalue weighted by atomic mass is 9.71. The first-order valence-electron chi connectivity index (χ1n) is 15.8. The van der Waals surface area contributed by atoms with E-state index in [-0.39, 0.29) is 41.6 Å². The van der Waals surface area contributed by atoms with E-state index in [0.717, 1.165) is 22.8 Å². The molecule has 3 heterocycles. The van der Waals surface area contributed by atoms with Crippen molar-refractivity contribution in [2.75, 3.05) is 24.7 Å². The van der Waals surface area contributed by atoms with E-state index >= 15 is 4.79 Å². The first-order chi connectivity index (χ1) is 22.3. The maximum Gasteiger partial charge on any atom is 0.310 e. The normalized spacial score (nSPS) is 27.0. The Morgan fingerprint density at radius 3 is 2.54 bits per heavy atom. The van der Waals surface area contributed by atoms with Crippen LogP contribution in [0.5, 0.6) is 0 Å². The van der Waals surface area contributed by atoms with Crippen molar-refractivity contribution in [3.8, 4) is 0 Å². The van der Waals surface area contributed by atoms with Crippen LogP contribution in [0.1, 0.15) is 24.8 Å². The lowest BCUT2D eigenvalue weighted by Crippen LogP contribution is -2.58. The standard InChI is InChI=1S/C37H39BrN2O5S/c1-3-5-11-19-45-36(44)30-31-34(42)40(28(23-41)20-24-12-7-6-8-13-24)33(37(31)22-29(38)32(30)46-37)35(43)39(18-4-2)27-17-16-25-14-9-10-15-26(25)21-27/h3-4,6-10,12-17,21,28-33,41H,1-2,5,11,18-20,22-23H2/t28-,29?,30+,31+,32+,33?,37?/m1/s1. The number of amides is 2. The average Bonchev–Trinajstić information content (AvgIpc) is 3.67. The number of unbranched alkanes of at least 4 members (excludes halogenated alkanes) is 1. The molecule has 0 aliphatic carbocycles. The van der Waals surface area contributed by atoms with Gasteiger partial charge in [0.1, 0.15) is 6.04 Å². The summed E-state index contributed by atoms with van der Waals surface area (Å²) in [6.07, 6.45) is 5.75. The number of carbonyl (C=O) groups excluding carboxylic acids is 3. The number of ether oxygens (including phenoxy) is 1. The highest BCUT2D eigenvalue weighted by molar-refractivity contribution is 9.09. The van der Waals surface area contributed by atoms with Crippen LogP contribution in [0.4, 0.5) is 5.69 Å². The molecule has 9 heteroatoms. The summed E-state index contributed by atoms with van der Waals surface area (Å²) < 4.78 is 4.87. The molecule has 3 aromatic carbocycles. The number of hydrogen-bond donors (Lipinski definition) is 1. The summed E-state index contributed by atoms with van der Waals surface area (Å²) in [5, 5.41) is 12.6.